The number of carboxylic acid groups (broad SMARTS) is 1. The number of aliphatic carboxylic acids is 1. The molecule has 0 spiro atoms. The van der Waals surface area contributed by atoms with E-state index >= 15 is 0 Å². The minimum Gasteiger partial charge on any atom is -0.481 e. The van der Waals surface area contributed by atoms with Crippen molar-refractivity contribution in [3.05, 3.63) is 58.7 Å². The van der Waals surface area contributed by atoms with E-state index in [9.17, 15) is 19.4 Å². The summed E-state index contributed by atoms with van der Waals surface area (Å²) in [4.78, 5) is 15.9. The molecule has 0 amide bonds. The van der Waals surface area contributed by atoms with Gasteiger partial charge in [0, 0.05) is 23.2 Å². The second-order valence-corrected chi connectivity index (χ2v) is 9.74. The van der Waals surface area contributed by atoms with Crippen LogP contribution in [0, 0.1) is 5.82 Å². The number of ether oxygens (including phenoxy) is 1. The molecular formula is C28H38FNO5. The van der Waals surface area contributed by atoms with E-state index in [1.165, 1.54) is 12.1 Å². The number of aliphatic hydroxyl groups is 2. The zero-order valence-electron chi connectivity index (χ0n) is 21.5. The number of aliphatic hydroxyl groups excluding tert-OH is 2. The number of nitrogens with zero attached hydrogens (tertiary/aromatic N) is 1. The monoisotopic (exact) mass is 487 g/mol. The van der Waals surface area contributed by atoms with Crippen LogP contribution in [0.1, 0.15) is 88.7 Å². The number of benzene rings is 1. The van der Waals surface area contributed by atoms with Crippen LogP contribution in [-0.4, -0.2) is 44.6 Å². The summed E-state index contributed by atoms with van der Waals surface area (Å²) in [5, 5.41) is 29.3. The van der Waals surface area contributed by atoms with Gasteiger partial charge in [-0.05, 0) is 48.9 Å². The van der Waals surface area contributed by atoms with Crippen LogP contribution < -0.4 is 0 Å². The van der Waals surface area contributed by atoms with Gasteiger partial charge >= 0.3 is 5.97 Å². The zero-order valence-corrected chi connectivity index (χ0v) is 21.5. The summed E-state index contributed by atoms with van der Waals surface area (Å²) in [5.74, 6) is -1.29. The van der Waals surface area contributed by atoms with Crippen LogP contribution in [0.3, 0.4) is 0 Å². The summed E-state index contributed by atoms with van der Waals surface area (Å²) in [5.41, 5.74) is 5.09. The minimum atomic E-state index is -1.16. The fourth-order valence-electron chi connectivity index (χ4n) is 3.95. The molecule has 0 aliphatic rings. The number of halogens is 1. The summed E-state index contributed by atoms with van der Waals surface area (Å²) in [6.07, 6.45) is 0.551. The maximum absolute atomic E-state index is 13.8. The van der Waals surface area contributed by atoms with Gasteiger partial charge in [0.1, 0.15) is 5.82 Å². The molecule has 2 unspecified atom stereocenters. The fourth-order valence-corrected chi connectivity index (χ4v) is 3.95. The van der Waals surface area contributed by atoms with Crippen molar-refractivity contribution in [2.75, 3.05) is 0 Å². The highest BCUT2D eigenvalue weighted by Gasteiger charge is 2.23. The van der Waals surface area contributed by atoms with E-state index in [4.69, 9.17) is 14.8 Å². The van der Waals surface area contributed by atoms with E-state index < -0.39 is 24.6 Å². The third kappa shape index (κ3) is 8.23. The largest absolute Gasteiger partial charge is 0.481 e. The second-order valence-electron chi connectivity index (χ2n) is 9.74. The Kier molecular flexibility index (Phi) is 10.6. The summed E-state index contributed by atoms with van der Waals surface area (Å²) >= 11 is 0. The van der Waals surface area contributed by atoms with Crippen molar-refractivity contribution in [3.8, 4) is 11.1 Å². The molecule has 0 fully saturated rings. The van der Waals surface area contributed by atoms with E-state index in [-0.39, 0.29) is 30.2 Å². The predicted molar refractivity (Wildman–Crippen MR) is 136 cm³/mol. The minimum absolute atomic E-state index is 0.00241. The lowest BCUT2D eigenvalue weighted by Gasteiger charge is -2.24. The maximum Gasteiger partial charge on any atom is 0.305 e. The molecule has 192 valence electrons. The van der Waals surface area contributed by atoms with Crippen molar-refractivity contribution in [1.82, 2.24) is 4.98 Å². The van der Waals surface area contributed by atoms with Gasteiger partial charge in [0.15, 0.2) is 0 Å². The number of carboxylic acids is 1. The van der Waals surface area contributed by atoms with Crippen LogP contribution in [0.25, 0.3) is 17.2 Å². The highest BCUT2D eigenvalue weighted by molar-refractivity contribution is 5.80. The first kappa shape index (κ1) is 28.6. The predicted octanol–water partition coefficient (Wildman–Crippen LogP) is 5.66. The van der Waals surface area contributed by atoms with Gasteiger partial charge in [0.25, 0.3) is 0 Å². The Hall–Kier alpha value is -2.61. The summed E-state index contributed by atoms with van der Waals surface area (Å²) in [6.45, 7) is 12.5. The molecule has 0 saturated heterocycles. The van der Waals surface area contributed by atoms with Crippen molar-refractivity contribution in [1.29, 1.82) is 0 Å². The Morgan fingerprint density at radius 1 is 1.03 bits per heavy atom. The molecule has 3 N–H and O–H groups in total. The van der Waals surface area contributed by atoms with Gasteiger partial charge in [0.2, 0.25) is 0 Å². The van der Waals surface area contributed by atoms with Gasteiger partial charge in [0.05, 0.1) is 37.0 Å². The van der Waals surface area contributed by atoms with E-state index in [2.05, 4.69) is 13.8 Å². The summed E-state index contributed by atoms with van der Waals surface area (Å²) in [6, 6.07) is 6.28. The van der Waals surface area contributed by atoms with Crippen molar-refractivity contribution in [2.24, 2.45) is 0 Å². The second kappa shape index (κ2) is 12.9. The van der Waals surface area contributed by atoms with E-state index in [0.29, 0.717) is 6.61 Å². The maximum atomic E-state index is 13.8. The molecule has 0 bridgehead atoms. The zero-order chi connectivity index (χ0) is 26.3. The number of hydrogen-bond acceptors (Lipinski definition) is 5. The van der Waals surface area contributed by atoms with Crippen LogP contribution in [-0.2, 0) is 16.1 Å². The quantitative estimate of drug-likeness (QED) is 0.357. The number of rotatable bonds is 12. The third-order valence-corrected chi connectivity index (χ3v) is 5.59. The Labute approximate surface area is 207 Å². The normalized spacial score (nSPS) is 13.8. The Morgan fingerprint density at radius 2 is 1.63 bits per heavy atom. The Morgan fingerprint density at radius 3 is 2.14 bits per heavy atom. The standard InChI is InChI=1S/C28H38FNO5/c1-16(2)27-23(12-11-21(31)13-22(32)14-25(33)34)26(19-7-9-20(29)10-8-19)24(15-35-18(5)6)28(30-27)17(3)4/h7-12,16-18,21-22,31-32H,13-15H2,1-6H3,(H,33,34). The molecule has 35 heavy (non-hydrogen) atoms. The molecule has 0 aliphatic heterocycles. The van der Waals surface area contributed by atoms with Crippen LogP contribution in [0.2, 0.25) is 0 Å². The van der Waals surface area contributed by atoms with Crippen molar-refractivity contribution < 1.29 is 29.2 Å². The number of carbonyl (C=O) groups is 1. The van der Waals surface area contributed by atoms with Crippen LogP contribution in [0.15, 0.2) is 30.3 Å². The smallest absolute Gasteiger partial charge is 0.305 e. The van der Waals surface area contributed by atoms with Gasteiger partial charge < -0.3 is 20.1 Å². The van der Waals surface area contributed by atoms with Gasteiger partial charge in [-0.25, -0.2) is 4.39 Å². The molecule has 2 aromatic rings. The van der Waals surface area contributed by atoms with Crippen LogP contribution in [0.5, 0.6) is 0 Å². The van der Waals surface area contributed by atoms with E-state index in [1.54, 1.807) is 24.3 Å². The summed E-state index contributed by atoms with van der Waals surface area (Å²) < 4.78 is 19.8. The highest BCUT2D eigenvalue weighted by Crippen LogP contribution is 2.38. The SMILES string of the molecule is CC(C)OCc1c(C(C)C)nc(C(C)C)c(C=CC(O)CC(O)CC(=O)O)c1-c1ccc(F)cc1. The third-order valence-electron chi connectivity index (χ3n) is 5.59. The van der Waals surface area contributed by atoms with Gasteiger partial charge in [-0.3, -0.25) is 9.78 Å². The molecule has 7 heteroatoms. The lowest BCUT2D eigenvalue weighted by Crippen LogP contribution is -2.19. The first-order valence-corrected chi connectivity index (χ1v) is 12.1. The highest BCUT2D eigenvalue weighted by atomic mass is 19.1. The Balaban J connectivity index is 2.72. The molecule has 0 radical (unpaired) electrons. The molecule has 6 nitrogen and oxygen atoms in total. The summed E-state index contributed by atoms with van der Waals surface area (Å²) in [7, 11) is 0. The number of hydrogen-bond donors (Lipinski definition) is 3. The van der Waals surface area contributed by atoms with Crippen LogP contribution >= 0.6 is 0 Å². The average Bonchev–Trinajstić information content (AvgIpc) is 2.75. The first-order chi connectivity index (χ1) is 16.4. The fraction of sp³-hybridized carbons (Fsp3) is 0.500. The lowest BCUT2D eigenvalue weighted by molar-refractivity contribution is -0.139. The molecular weight excluding hydrogens is 449 g/mol. The molecule has 2 rings (SSSR count). The Bertz CT molecular complexity index is 1010. The van der Waals surface area contributed by atoms with E-state index in [0.717, 1.165) is 33.6 Å². The molecule has 0 aliphatic carbocycles. The topological polar surface area (TPSA) is 99.9 Å². The van der Waals surface area contributed by atoms with Crippen molar-refractivity contribution in [3.63, 3.8) is 0 Å². The molecule has 2 atom stereocenters. The molecule has 1 aromatic carbocycles. The molecule has 0 saturated carbocycles. The van der Waals surface area contributed by atoms with Gasteiger partial charge in [-0.2, -0.15) is 0 Å². The van der Waals surface area contributed by atoms with Crippen LogP contribution in [0.4, 0.5) is 4.39 Å². The van der Waals surface area contributed by atoms with E-state index in [1.807, 2.05) is 27.7 Å². The first-order valence-electron chi connectivity index (χ1n) is 12.1. The van der Waals surface area contributed by atoms with Gasteiger partial charge in [-0.15, -0.1) is 0 Å². The average molecular weight is 488 g/mol. The number of pyridine rings is 1. The molecule has 1 aromatic heterocycles. The van der Waals surface area contributed by atoms with Gasteiger partial charge in [-0.1, -0.05) is 52.0 Å². The van der Waals surface area contributed by atoms with Crippen molar-refractivity contribution >= 4 is 12.0 Å². The lowest BCUT2D eigenvalue weighted by atomic mass is 9.87. The number of aromatic nitrogens is 1. The van der Waals surface area contributed by atoms with Crippen molar-refractivity contribution in [2.45, 2.75) is 91.1 Å². The molecule has 1 heterocycles.